The van der Waals surface area contributed by atoms with Crippen molar-refractivity contribution in [1.29, 1.82) is 0 Å². The molecule has 0 saturated carbocycles. The van der Waals surface area contributed by atoms with E-state index >= 15 is 0 Å². The lowest BCUT2D eigenvalue weighted by Crippen LogP contribution is -2.52. The van der Waals surface area contributed by atoms with Crippen molar-refractivity contribution in [2.24, 2.45) is 4.99 Å². The normalized spacial score (nSPS) is 20.5. The molecule has 0 atom stereocenters. The van der Waals surface area contributed by atoms with Gasteiger partial charge in [0.2, 0.25) is 0 Å². The number of guanidine groups is 1. The highest BCUT2D eigenvalue weighted by atomic mass is 127. The van der Waals surface area contributed by atoms with Gasteiger partial charge in [-0.25, -0.2) is 0 Å². The van der Waals surface area contributed by atoms with Gasteiger partial charge in [-0.1, -0.05) is 30.3 Å². The van der Waals surface area contributed by atoms with E-state index in [1.165, 1.54) is 5.56 Å². The van der Waals surface area contributed by atoms with Crippen LogP contribution in [0.5, 0.6) is 0 Å². The molecule has 28 heavy (non-hydrogen) atoms. The molecule has 2 aliphatic heterocycles. The predicted molar refractivity (Wildman–Crippen MR) is 124 cm³/mol. The fourth-order valence-corrected chi connectivity index (χ4v) is 3.77. The Labute approximate surface area is 186 Å². The molecule has 1 N–H and O–H groups in total. The van der Waals surface area contributed by atoms with Gasteiger partial charge in [0.05, 0.1) is 12.1 Å². The van der Waals surface area contributed by atoms with Crippen molar-refractivity contribution in [3.8, 4) is 0 Å². The first-order valence-electron chi connectivity index (χ1n) is 10.2. The third-order valence-corrected chi connectivity index (χ3v) is 5.61. The molecule has 6 nitrogen and oxygen atoms in total. The van der Waals surface area contributed by atoms with E-state index in [0.29, 0.717) is 6.54 Å². The lowest BCUT2D eigenvalue weighted by molar-refractivity contribution is -0.0829. The Kier molecular flexibility index (Phi) is 9.98. The van der Waals surface area contributed by atoms with Crippen LogP contribution < -0.4 is 5.32 Å². The number of benzene rings is 1. The van der Waals surface area contributed by atoms with Crippen LogP contribution in [0.2, 0.25) is 0 Å². The second kappa shape index (κ2) is 11.9. The molecular weight excluding hydrogens is 467 g/mol. The zero-order valence-electron chi connectivity index (χ0n) is 17.2. The van der Waals surface area contributed by atoms with E-state index < -0.39 is 0 Å². The Bertz CT molecular complexity index is 585. The summed E-state index contributed by atoms with van der Waals surface area (Å²) >= 11 is 0. The molecule has 158 valence electrons. The van der Waals surface area contributed by atoms with Gasteiger partial charge in [0.1, 0.15) is 0 Å². The van der Waals surface area contributed by atoms with Crippen LogP contribution in [0.3, 0.4) is 0 Å². The third-order valence-electron chi connectivity index (χ3n) is 5.61. The molecule has 0 spiro atoms. The van der Waals surface area contributed by atoms with Gasteiger partial charge in [-0.3, -0.25) is 9.89 Å². The van der Waals surface area contributed by atoms with Crippen LogP contribution in [0.15, 0.2) is 35.3 Å². The summed E-state index contributed by atoms with van der Waals surface area (Å²) in [5.74, 6) is 1.01. The van der Waals surface area contributed by atoms with Crippen molar-refractivity contribution in [3.63, 3.8) is 0 Å². The first-order valence-corrected chi connectivity index (χ1v) is 10.2. The Hall–Kier alpha value is -0.900. The van der Waals surface area contributed by atoms with Crippen LogP contribution >= 0.6 is 24.0 Å². The smallest absolute Gasteiger partial charge is 0.194 e. The summed E-state index contributed by atoms with van der Waals surface area (Å²) in [7, 11) is 1.80. The maximum absolute atomic E-state index is 5.84. The van der Waals surface area contributed by atoms with Gasteiger partial charge in [-0.2, -0.15) is 0 Å². The summed E-state index contributed by atoms with van der Waals surface area (Å²) in [5, 5.41) is 3.47. The zero-order chi connectivity index (χ0) is 19.0. The molecule has 0 bridgehead atoms. The van der Waals surface area contributed by atoms with Gasteiger partial charge in [0.15, 0.2) is 5.96 Å². The van der Waals surface area contributed by atoms with Gasteiger partial charge in [-0.15, -0.1) is 24.0 Å². The maximum atomic E-state index is 5.84. The molecule has 7 heteroatoms. The predicted octanol–water partition coefficient (Wildman–Crippen LogP) is 2.58. The minimum Gasteiger partial charge on any atom is -0.381 e. The standard InChI is InChI=1S/C21H34N4O2.HI/c1-3-22-20(23-18-21(26-2)9-15-27-16-10-21)25-13-11-24(12-14-25)17-19-7-5-4-6-8-19;/h4-8H,3,9-18H2,1-2H3,(H,22,23);1H. The number of halogens is 1. The molecule has 0 aliphatic carbocycles. The molecule has 2 fully saturated rings. The largest absolute Gasteiger partial charge is 0.381 e. The van der Waals surface area contributed by atoms with E-state index in [9.17, 15) is 0 Å². The lowest BCUT2D eigenvalue weighted by atomic mass is 9.94. The summed E-state index contributed by atoms with van der Waals surface area (Å²) in [5.41, 5.74) is 1.21. The van der Waals surface area contributed by atoms with Crippen molar-refractivity contribution in [3.05, 3.63) is 35.9 Å². The molecule has 0 unspecified atom stereocenters. The fraction of sp³-hybridized carbons (Fsp3) is 0.667. The van der Waals surface area contributed by atoms with Crippen molar-refractivity contribution < 1.29 is 9.47 Å². The quantitative estimate of drug-likeness (QED) is 0.368. The number of methoxy groups -OCH3 is 1. The number of nitrogens with one attached hydrogen (secondary N) is 1. The second-order valence-electron chi connectivity index (χ2n) is 7.42. The second-order valence-corrected chi connectivity index (χ2v) is 7.42. The SMILES string of the molecule is CCNC(=NCC1(OC)CCOCC1)N1CCN(Cc2ccccc2)CC1.I. The van der Waals surface area contributed by atoms with Crippen molar-refractivity contribution in [2.75, 3.05) is 59.6 Å². The maximum Gasteiger partial charge on any atom is 0.194 e. The third kappa shape index (κ3) is 6.57. The fourth-order valence-electron chi connectivity index (χ4n) is 3.77. The summed E-state index contributed by atoms with van der Waals surface area (Å²) < 4.78 is 11.3. The number of ether oxygens (including phenoxy) is 2. The topological polar surface area (TPSA) is 49.3 Å². The van der Waals surface area contributed by atoms with Gasteiger partial charge in [0.25, 0.3) is 0 Å². The van der Waals surface area contributed by atoms with Crippen LogP contribution in [0.1, 0.15) is 25.3 Å². The number of nitrogens with zero attached hydrogens (tertiary/aromatic N) is 3. The van der Waals surface area contributed by atoms with Crippen molar-refractivity contribution in [1.82, 2.24) is 15.1 Å². The minimum atomic E-state index is -0.173. The minimum absolute atomic E-state index is 0. The summed E-state index contributed by atoms with van der Waals surface area (Å²) in [4.78, 5) is 9.85. The highest BCUT2D eigenvalue weighted by molar-refractivity contribution is 14.0. The first-order chi connectivity index (χ1) is 13.2. The van der Waals surface area contributed by atoms with E-state index in [4.69, 9.17) is 14.5 Å². The van der Waals surface area contributed by atoms with E-state index in [1.54, 1.807) is 7.11 Å². The van der Waals surface area contributed by atoms with E-state index in [-0.39, 0.29) is 29.6 Å². The number of aliphatic imine (C=N–C) groups is 1. The van der Waals surface area contributed by atoms with Gasteiger partial charge in [0, 0.05) is 72.4 Å². The Morgan fingerprint density at radius 2 is 1.82 bits per heavy atom. The van der Waals surface area contributed by atoms with Gasteiger partial charge < -0.3 is 19.7 Å². The van der Waals surface area contributed by atoms with Crippen LogP contribution in [0.25, 0.3) is 0 Å². The molecule has 1 aromatic rings. The van der Waals surface area contributed by atoms with Crippen LogP contribution in [0, 0.1) is 0 Å². The monoisotopic (exact) mass is 502 g/mol. The molecule has 3 rings (SSSR count). The number of hydrogen-bond donors (Lipinski definition) is 1. The number of hydrogen-bond acceptors (Lipinski definition) is 4. The van der Waals surface area contributed by atoms with Gasteiger partial charge >= 0.3 is 0 Å². The average molecular weight is 502 g/mol. The molecule has 2 saturated heterocycles. The van der Waals surface area contributed by atoms with Crippen LogP contribution in [-0.2, 0) is 16.0 Å². The highest BCUT2D eigenvalue weighted by Crippen LogP contribution is 2.25. The first kappa shape index (κ1) is 23.4. The van der Waals surface area contributed by atoms with Crippen molar-refractivity contribution in [2.45, 2.75) is 31.9 Å². The molecular formula is C21H35IN4O2. The Morgan fingerprint density at radius 1 is 1.14 bits per heavy atom. The van der Waals surface area contributed by atoms with E-state index in [1.807, 2.05) is 0 Å². The van der Waals surface area contributed by atoms with Crippen LogP contribution in [0.4, 0.5) is 0 Å². The van der Waals surface area contributed by atoms with Crippen molar-refractivity contribution >= 4 is 29.9 Å². The summed E-state index contributed by atoms with van der Waals surface area (Å²) in [6, 6.07) is 10.7. The summed E-state index contributed by atoms with van der Waals surface area (Å²) in [6.07, 6.45) is 1.83. The average Bonchev–Trinajstić information content (AvgIpc) is 2.73. The number of rotatable bonds is 6. The molecule has 0 amide bonds. The van der Waals surface area contributed by atoms with Crippen LogP contribution in [-0.4, -0.2) is 81.0 Å². The lowest BCUT2D eigenvalue weighted by Gasteiger charge is -2.38. The molecule has 1 aromatic carbocycles. The molecule has 2 aliphatic rings. The molecule has 0 radical (unpaired) electrons. The molecule has 2 heterocycles. The summed E-state index contributed by atoms with van der Waals surface area (Å²) in [6.45, 7) is 10.4. The van der Waals surface area contributed by atoms with E-state index in [2.05, 4.69) is 52.4 Å². The highest BCUT2D eigenvalue weighted by Gasteiger charge is 2.32. The van der Waals surface area contributed by atoms with Gasteiger partial charge in [-0.05, 0) is 12.5 Å². The Balaban J connectivity index is 0.00000280. The number of piperazine rings is 1. The zero-order valence-corrected chi connectivity index (χ0v) is 19.6. The Morgan fingerprint density at radius 3 is 2.43 bits per heavy atom. The van der Waals surface area contributed by atoms with E-state index in [0.717, 1.165) is 71.3 Å². The molecule has 0 aromatic heterocycles.